The van der Waals surface area contributed by atoms with Crippen LogP contribution in [0.3, 0.4) is 0 Å². The van der Waals surface area contributed by atoms with E-state index in [1.165, 1.54) is 6.07 Å². The molecule has 0 aliphatic carbocycles. The Hall–Kier alpha value is -1.83. The van der Waals surface area contributed by atoms with Crippen molar-refractivity contribution < 1.29 is 42.5 Å². The van der Waals surface area contributed by atoms with Gasteiger partial charge in [0.25, 0.3) is 0 Å². The van der Waals surface area contributed by atoms with E-state index in [-0.39, 0.29) is 40.4 Å². The molecule has 0 N–H and O–H groups in total. The Bertz CT molecular complexity index is 1090. The van der Waals surface area contributed by atoms with Crippen LogP contribution in [-0.4, -0.2) is 39.1 Å². The number of rotatable bonds is 10. The molecule has 0 atom stereocenters. The fourth-order valence-electron chi connectivity index (χ4n) is 4.43. The average Bonchev–Trinajstić information content (AvgIpc) is 2.82. The van der Waals surface area contributed by atoms with E-state index in [0.717, 1.165) is 48.7 Å². The monoisotopic (exact) mass is 488 g/mol. The van der Waals surface area contributed by atoms with Crippen LogP contribution in [0, 0.1) is 0 Å². The van der Waals surface area contributed by atoms with E-state index in [1.54, 1.807) is 18.2 Å². The minimum absolute atomic E-state index is 0. The quantitative estimate of drug-likeness (QED) is 0.249. The van der Waals surface area contributed by atoms with Crippen molar-refractivity contribution >= 4 is 21.5 Å². The zero-order valence-corrected chi connectivity index (χ0v) is 23.7. The van der Waals surface area contributed by atoms with Gasteiger partial charge in [0.05, 0.1) is 4.90 Å². The van der Waals surface area contributed by atoms with E-state index in [9.17, 15) is 13.0 Å². The van der Waals surface area contributed by atoms with Gasteiger partial charge in [0.15, 0.2) is 0 Å². The van der Waals surface area contributed by atoms with Crippen molar-refractivity contribution in [2.45, 2.75) is 38.5 Å². The van der Waals surface area contributed by atoms with Crippen LogP contribution >= 0.6 is 0 Å². The number of benzene rings is 3. The zero-order chi connectivity index (χ0) is 24.0. The van der Waals surface area contributed by atoms with Gasteiger partial charge in [0, 0.05) is 43.5 Å². The minimum atomic E-state index is -4.62. The molecular formula is C27H33N2NaO3S. The maximum Gasteiger partial charge on any atom is 1.00 e. The largest absolute Gasteiger partial charge is 1.00 e. The molecule has 0 amide bonds. The van der Waals surface area contributed by atoms with Gasteiger partial charge >= 0.3 is 29.6 Å². The summed E-state index contributed by atoms with van der Waals surface area (Å²) >= 11 is 0. The van der Waals surface area contributed by atoms with Crippen molar-refractivity contribution in [3.05, 3.63) is 89.5 Å². The molecule has 0 fully saturated rings. The Kier molecular flexibility index (Phi) is 10.7. The normalized spacial score (nSPS) is 11.2. The van der Waals surface area contributed by atoms with Crippen LogP contribution in [0.4, 0.5) is 11.4 Å². The first-order chi connectivity index (χ1) is 15.8. The van der Waals surface area contributed by atoms with E-state index < -0.39 is 10.1 Å². The van der Waals surface area contributed by atoms with Gasteiger partial charge in [0.2, 0.25) is 0 Å². The third kappa shape index (κ3) is 6.43. The Labute approximate surface area is 226 Å². The first kappa shape index (κ1) is 28.4. The van der Waals surface area contributed by atoms with Gasteiger partial charge in [-0.05, 0) is 74.7 Å². The molecule has 0 saturated heterocycles. The topological polar surface area (TPSA) is 63.7 Å². The van der Waals surface area contributed by atoms with Crippen LogP contribution in [0.1, 0.15) is 50.3 Å². The molecular weight excluding hydrogens is 455 g/mol. The minimum Gasteiger partial charge on any atom is -0.744 e. The second-order valence-electron chi connectivity index (χ2n) is 7.95. The third-order valence-corrected chi connectivity index (χ3v) is 7.12. The second kappa shape index (κ2) is 12.8. The Morgan fingerprint density at radius 2 is 1.06 bits per heavy atom. The number of hydrogen-bond acceptors (Lipinski definition) is 5. The maximum atomic E-state index is 12.1. The van der Waals surface area contributed by atoms with Crippen LogP contribution in [0.5, 0.6) is 0 Å². The Balaban J connectivity index is 0.00000408. The SMILES string of the molecule is CCN(CC)c1ccc(C(c2ccc(N(CC)CC)cc2)c2ccccc2S(=O)(=O)[O-])cc1.[Na+]. The molecule has 0 unspecified atom stereocenters. The zero-order valence-electron chi connectivity index (χ0n) is 20.9. The van der Waals surface area contributed by atoms with Crippen LogP contribution in [0.15, 0.2) is 77.7 Å². The van der Waals surface area contributed by atoms with Crippen LogP contribution < -0.4 is 39.4 Å². The Morgan fingerprint density at radius 3 is 1.41 bits per heavy atom. The predicted octanol–water partition coefficient (Wildman–Crippen LogP) is 2.47. The summed E-state index contributed by atoms with van der Waals surface area (Å²) in [6.07, 6.45) is 0. The molecule has 176 valence electrons. The summed E-state index contributed by atoms with van der Waals surface area (Å²) in [6, 6.07) is 22.9. The van der Waals surface area contributed by atoms with E-state index >= 15 is 0 Å². The summed E-state index contributed by atoms with van der Waals surface area (Å²) in [6.45, 7) is 12.1. The third-order valence-electron chi connectivity index (χ3n) is 6.21. The van der Waals surface area contributed by atoms with Crippen LogP contribution in [0.25, 0.3) is 0 Å². The van der Waals surface area contributed by atoms with Gasteiger partial charge in [0.1, 0.15) is 10.1 Å². The summed E-state index contributed by atoms with van der Waals surface area (Å²) in [7, 11) is -4.62. The van der Waals surface area contributed by atoms with Gasteiger partial charge in [-0.15, -0.1) is 0 Å². The van der Waals surface area contributed by atoms with Crippen LogP contribution in [-0.2, 0) is 10.1 Å². The summed E-state index contributed by atoms with van der Waals surface area (Å²) in [5.41, 5.74) is 4.61. The second-order valence-corrected chi connectivity index (χ2v) is 9.30. The van der Waals surface area contributed by atoms with E-state index in [0.29, 0.717) is 5.56 Å². The Morgan fingerprint density at radius 1 is 0.676 bits per heavy atom. The van der Waals surface area contributed by atoms with Gasteiger partial charge in [-0.3, -0.25) is 0 Å². The predicted molar refractivity (Wildman–Crippen MR) is 135 cm³/mol. The van der Waals surface area contributed by atoms with Gasteiger partial charge < -0.3 is 14.4 Å². The summed E-state index contributed by atoms with van der Waals surface area (Å²) in [5, 5.41) is 0. The molecule has 5 nitrogen and oxygen atoms in total. The molecule has 3 aromatic carbocycles. The molecule has 34 heavy (non-hydrogen) atoms. The summed E-state index contributed by atoms with van der Waals surface area (Å²) < 4.78 is 36.3. The molecule has 3 aromatic rings. The first-order valence-corrected chi connectivity index (χ1v) is 13.0. The number of hydrogen-bond donors (Lipinski definition) is 0. The molecule has 0 aromatic heterocycles. The van der Waals surface area contributed by atoms with Crippen molar-refractivity contribution in [3.8, 4) is 0 Å². The van der Waals surface area contributed by atoms with Gasteiger partial charge in [-0.1, -0.05) is 42.5 Å². The molecule has 0 spiro atoms. The first-order valence-electron chi connectivity index (χ1n) is 11.6. The van der Waals surface area contributed by atoms with E-state index in [2.05, 4.69) is 61.8 Å². The van der Waals surface area contributed by atoms with E-state index in [4.69, 9.17) is 0 Å². The van der Waals surface area contributed by atoms with E-state index in [1.807, 2.05) is 24.3 Å². The summed E-state index contributed by atoms with van der Waals surface area (Å²) in [5.74, 6) is -0.374. The summed E-state index contributed by atoms with van der Waals surface area (Å²) in [4.78, 5) is 4.34. The molecule has 0 aliphatic heterocycles. The molecule has 0 aliphatic rings. The number of nitrogens with zero attached hydrogens (tertiary/aromatic N) is 2. The standard InChI is InChI=1S/C27H34N2O3S.Na/c1-5-28(6-2)23-17-13-21(14-18-23)27(25-11-9-10-12-26(25)33(30,31)32)22-15-19-24(20-16-22)29(7-3)8-4;/h9-20,27H,5-8H2,1-4H3,(H,30,31,32);/q;+1/p-1. The number of anilines is 2. The smallest absolute Gasteiger partial charge is 0.744 e. The molecule has 0 heterocycles. The van der Waals surface area contributed by atoms with Crippen molar-refractivity contribution in [2.24, 2.45) is 0 Å². The maximum absolute atomic E-state index is 12.1. The molecule has 3 rings (SSSR count). The van der Waals surface area contributed by atoms with Crippen molar-refractivity contribution in [2.75, 3.05) is 36.0 Å². The van der Waals surface area contributed by atoms with Gasteiger partial charge in [-0.2, -0.15) is 0 Å². The van der Waals surface area contributed by atoms with Crippen LogP contribution in [0.2, 0.25) is 0 Å². The van der Waals surface area contributed by atoms with Crippen molar-refractivity contribution in [3.63, 3.8) is 0 Å². The fourth-order valence-corrected chi connectivity index (χ4v) is 5.15. The molecule has 7 heteroatoms. The van der Waals surface area contributed by atoms with Crippen molar-refractivity contribution in [1.29, 1.82) is 0 Å². The molecule has 0 bridgehead atoms. The fraction of sp³-hybridized carbons (Fsp3) is 0.333. The molecule has 0 saturated carbocycles. The molecule has 0 radical (unpaired) electrons. The average molecular weight is 489 g/mol. The van der Waals surface area contributed by atoms with Gasteiger partial charge in [-0.25, -0.2) is 8.42 Å². The van der Waals surface area contributed by atoms with Crippen molar-refractivity contribution in [1.82, 2.24) is 0 Å².